The first-order chi connectivity index (χ1) is 14.7. The van der Waals surface area contributed by atoms with Gasteiger partial charge in [-0.05, 0) is 49.4 Å². The summed E-state index contributed by atoms with van der Waals surface area (Å²) < 4.78 is 17.7. The fourth-order valence-electron chi connectivity index (χ4n) is 3.61. The minimum Gasteiger partial charge on any atom is -0.493 e. The second-order valence-corrected chi connectivity index (χ2v) is 7.45. The molecule has 2 N–H and O–H groups in total. The average Bonchev–Trinajstić information content (AvgIpc) is 2.79. The molecule has 0 radical (unpaired) electrons. The Balaban J connectivity index is 1.55. The molecule has 0 atom stereocenters. The summed E-state index contributed by atoms with van der Waals surface area (Å²) in [6.07, 6.45) is 5.39. The van der Waals surface area contributed by atoms with E-state index < -0.39 is 0 Å². The van der Waals surface area contributed by atoms with Crippen molar-refractivity contribution >= 4 is 10.9 Å². The van der Waals surface area contributed by atoms with Crippen LogP contribution >= 0.6 is 0 Å². The van der Waals surface area contributed by atoms with Gasteiger partial charge in [0, 0.05) is 12.1 Å². The number of hydrogen-bond donors (Lipinski definition) is 1. The van der Waals surface area contributed by atoms with E-state index in [4.69, 9.17) is 25.2 Å². The first-order valence-electron chi connectivity index (χ1n) is 10.0. The highest BCUT2D eigenvalue weighted by Crippen LogP contribution is 2.36. The molecule has 1 fully saturated rings. The summed E-state index contributed by atoms with van der Waals surface area (Å²) in [7, 11) is 1.60. The SMILES string of the molecule is COc1cc2c(OC3CCC(N)CC3)ncnc2cc1OCc1ccc(C#N)cc1. The molecule has 7 nitrogen and oxygen atoms in total. The predicted octanol–water partition coefficient (Wildman–Crippen LogP) is 3.74. The Morgan fingerprint density at radius 3 is 2.53 bits per heavy atom. The molecule has 0 saturated heterocycles. The van der Waals surface area contributed by atoms with E-state index >= 15 is 0 Å². The van der Waals surface area contributed by atoms with Gasteiger partial charge < -0.3 is 19.9 Å². The number of methoxy groups -OCH3 is 1. The molecule has 1 aromatic heterocycles. The molecule has 154 valence electrons. The van der Waals surface area contributed by atoms with E-state index in [9.17, 15) is 0 Å². The van der Waals surface area contributed by atoms with E-state index in [1.54, 1.807) is 19.2 Å². The maximum Gasteiger partial charge on any atom is 0.224 e. The van der Waals surface area contributed by atoms with Crippen LogP contribution < -0.4 is 19.9 Å². The Morgan fingerprint density at radius 2 is 1.83 bits per heavy atom. The quantitative estimate of drug-likeness (QED) is 0.667. The van der Waals surface area contributed by atoms with Crippen molar-refractivity contribution in [1.29, 1.82) is 5.26 Å². The van der Waals surface area contributed by atoms with Crippen molar-refractivity contribution in [3.8, 4) is 23.4 Å². The number of nitrogens with two attached hydrogens (primary N) is 1. The highest BCUT2D eigenvalue weighted by molar-refractivity contribution is 5.86. The van der Waals surface area contributed by atoms with E-state index in [0.717, 1.165) is 42.1 Å². The first-order valence-corrected chi connectivity index (χ1v) is 10.0. The zero-order valence-electron chi connectivity index (χ0n) is 16.9. The third-order valence-corrected chi connectivity index (χ3v) is 5.36. The lowest BCUT2D eigenvalue weighted by Crippen LogP contribution is -2.31. The summed E-state index contributed by atoms with van der Waals surface area (Å²) in [6.45, 7) is 0.352. The standard InChI is InChI=1S/C23H24N4O3/c1-28-21-10-19-20(11-22(21)29-13-16-4-2-15(12-24)3-5-16)26-14-27-23(19)30-18-8-6-17(25)7-9-18/h2-5,10-11,14,17-18H,6-9,13,25H2,1H3. The van der Waals surface area contributed by atoms with Gasteiger partial charge >= 0.3 is 0 Å². The predicted molar refractivity (Wildman–Crippen MR) is 112 cm³/mol. The topological polar surface area (TPSA) is 103 Å². The van der Waals surface area contributed by atoms with Crippen LogP contribution in [0.5, 0.6) is 17.4 Å². The smallest absolute Gasteiger partial charge is 0.224 e. The highest BCUT2D eigenvalue weighted by Gasteiger charge is 2.22. The number of ether oxygens (including phenoxy) is 3. The molecule has 1 saturated carbocycles. The molecule has 1 aliphatic carbocycles. The normalized spacial score (nSPS) is 18.6. The molecule has 0 spiro atoms. The van der Waals surface area contributed by atoms with Gasteiger partial charge in [-0.15, -0.1) is 0 Å². The monoisotopic (exact) mass is 404 g/mol. The maximum absolute atomic E-state index is 8.92. The van der Waals surface area contributed by atoms with Gasteiger partial charge in [0.1, 0.15) is 19.0 Å². The van der Waals surface area contributed by atoms with Crippen LogP contribution in [0.15, 0.2) is 42.7 Å². The Bertz CT molecular complexity index is 1050. The molecule has 1 heterocycles. The number of fused-ring (bicyclic) bond motifs is 1. The molecule has 0 bridgehead atoms. The van der Waals surface area contributed by atoms with Crippen LogP contribution in [0.3, 0.4) is 0 Å². The number of rotatable bonds is 6. The molecule has 1 aliphatic rings. The van der Waals surface area contributed by atoms with Crippen molar-refractivity contribution in [1.82, 2.24) is 9.97 Å². The van der Waals surface area contributed by atoms with Gasteiger partial charge in [0.15, 0.2) is 11.5 Å². The molecular formula is C23H24N4O3. The van der Waals surface area contributed by atoms with Crippen LogP contribution in [0, 0.1) is 11.3 Å². The van der Waals surface area contributed by atoms with Crippen molar-refractivity contribution in [3.63, 3.8) is 0 Å². The van der Waals surface area contributed by atoms with Crippen molar-refractivity contribution in [2.45, 2.75) is 44.4 Å². The minimum absolute atomic E-state index is 0.112. The fraction of sp³-hybridized carbons (Fsp3) is 0.348. The minimum atomic E-state index is 0.112. The number of nitrogens with zero attached hydrogens (tertiary/aromatic N) is 3. The van der Waals surface area contributed by atoms with Gasteiger partial charge in [-0.1, -0.05) is 12.1 Å². The summed E-state index contributed by atoms with van der Waals surface area (Å²) >= 11 is 0. The summed E-state index contributed by atoms with van der Waals surface area (Å²) in [5, 5.41) is 9.70. The van der Waals surface area contributed by atoms with E-state index in [1.165, 1.54) is 6.33 Å². The molecule has 7 heteroatoms. The lowest BCUT2D eigenvalue weighted by molar-refractivity contribution is 0.143. The van der Waals surface area contributed by atoms with E-state index in [0.29, 0.717) is 29.5 Å². The van der Waals surface area contributed by atoms with Gasteiger partial charge in [-0.25, -0.2) is 9.97 Å². The van der Waals surface area contributed by atoms with Gasteiger partial charge in [-0.3, -0.25) is 0 Å². The Labute approximate surface area is 175 Å². The van der Waals surface area contributed by atoms with Crippen LogP contribution in [0.2, 0.25) is 0 Å². The summed E-state index contributed by atoms with van der Waals surface area (Å²) in [5.41, 5.74) is 8.29. The number of benzene rings is 2. The van der Waals surface area contributed by atoms with Crippen molar-refractivity contribution in [3.05, 3.63) is 53.9 Å². The van der Waals surface area contributed by atoms with Crippen LogP contribution in [-0.2, 0) is 6.61 Å². The Morgan fingerprint density at radius 1 is 1.07 bits per heavy atom. The highest BCUT2D eigenvalue weighted by atomic mass is 16.5. The van der Waals surface area contributed by atoms with Crippen molar-refractivity contribution < 1.29 is 14.2 Å². The second-order valence-electron chi connectivity index (χ2n) is 7.45. The van der Waals surface area contributed by atoms with Crippen molar-refractivity contribution in [2.75, 3.05) is 7.11 Å². The third kappa shape index (κ3) is 4.44. The average molecular weight is 404 g/mol. The van der Waals surface area contributed by atoms with Crippen LogP contribution in [0.4, 0.5) is 0 Å². The molecule has 4 rings (SSSR count). The van der Waals surface area contributed by atoms with E-state index in [-0.39, 0.29) is 12.1 Å². The van der Waals surface area contributed by atoms with Gasteiger partial charge in [0.2, 0.25) is 5.88 Å². The van der Waals surface area contributed by atoms with Crippen LogP contribution in [0.1, 0.15) is 36.8 Å². The first kappa shape index (κ1) is 19.9. The molecular weight excluding hydrogens is 380 g/mol. The van der Waals surface area contributed by atoms with Crippen LogP contribution in [-0.4, -0.2) is 29.2 Å². The molecule has 0 aliphatic heterocycles. The van der Waals surface area contributed by atoms with E-state index in [2.05, 4.69) is 16.0 Å². The second kappa shape index (κ2) is 8.97. The zero-order chi connectivity index (χ0) is 20.9. The summed E-state index contributed by atoms with van der Waals surface area (Å²) in [6, 6.07) is 13.3. The van der Waals surface area contributed by atoms with E-state index in [1.807, 2.05) is 24.3 Å². The zero-order valence-corrected chi connectivity index (χ0v) is 16.9. The molecule has 0 amide bonds. The summed E-state index contributed by atoms with van der Waals surface area (Å²) in [5.74, 6) is 1.72. The van der Waals surface area contributed by atoms with Gasteiger partial charge in [0.25, 0.3) is 0 Å². The largest absolute Gasteiger partial charge is 0.493 e. The molecule has 30 heavy (non-hydrogen) atoms. The van der Waals surface area contributed by atoms with Gasteiger partial charge in [0.05, 0.1) is 29.6 Å². The lowest BCUT2D eigenvalue weighted by Gasteiger charge is -2.26. The Hall–Kier alpha value is -3.37. The number of nitriles is 1. The number of hydrogen-bond acceptors (Lipinski definition) is 7. The van der Waals surface area contributed by atoms with Crippen LogP contribution in [0.25, 0.3) is 10.9 Å². The lowest BCUT2D eigenvalue weighted by atomic mass is 9.94. The van der Waals surface area contributed by atoms with Gasteiger partial charge in [-0.2, -0.15) is 5.26 Å². The fourth-order valence-corrected chi connectivity index (χ4v) is 3.61. The number of aromatic nitrogens is 2. The molecule has 0 unspecified atom stereocenters. The molecule has 2 aromatic carbocycles. The maximum atomic E-state index is 8.92. The Kier molecular flexibility index (Phi) is 5.96. The summed E-state index contributed by atoms with van der Waals surface area (Å²) in [4.78, 5) is 8.73. The van der Waals surface area contributed by atoms with Crippen molar-refractivity contribution in [2.24, 2.45) is 5.73 Å². The third-order valence-electron chi connectivity index (χ3n) is 5.36. The molecule has 3 aromatic rings.